The van der Waals surface area contributed by atoms with Crippen LogP contribution in [0.3, 0.4) is 0 Å². The predicted octanol–water partition coefficient (Wildman–Crippen LogP) is 1.89. The first-order valence-corrected chi connectivity index (χ1v) is 7.00. The van der Waals surface area contributed by atoms with Gasteiger partial charge in [0, 0.05) is 5.56 Å². The van der Waals surface area contributed by atoms with Crippen molar-refractivity contribution in [2.45, 2.75) is 12.8 Å². The van der Waals surface area contributed by atoms with Crippen LogP contribution in [0.4, 0.5) is 5.69 Å². The number of primary amides is 1. The third-order valence-electron chi connectivity index (χ3n) is 3.98. The van der Waals surface area contributed by atoms with E-state index in [1.54, 1.807) is 0 Å². The van der Waals surface area contributed by atoms with Gasteiger partial charge < -0.3 is 5.73 Å². The molecule has 3 rings (SSSR count). The van der Waals surface area contributed by atoms with E-state index in [0.29, 0.717) is 12.8 Å². The first-order chi connectivity index (χ1) is 10.0. The molecule has 1 aromatic rings. The number of allylic oxidation sites excluding steroid dienone is 2. The summed E-state index contributed by atoms with van der Waals surface area (Å²) < 4.78 is 0. The van der Waals surface area contributed by atoms with Crippen molar-refractivity contribution in [1.82, 2.24) is 0 Å². The fourth-order valence-corrected chi connectivity index (χ4v) is 3.08. The number of benzene rings is 1. The topological polar surface area (TPSA) is 80.5 Å². The first-order valence-electron chi connectivity index (χ1n) is 6.63. The molecule has 0 spiro atoms. The molecule has 2 aliphatic rings. The maximum Gasteiger partial charge on any atom is 0.248 e. The number of imide groups is 1. The normalized spacial score (nSPS) is 24.3. The summed E-state index contributed by atoms with van der Waals surface area (Å²) in [5, 5.41) is 0.244. The van der Waals surface area contributed by atoms with Crippen LogP contribution in [0.5, 0.6) is 0 Å². The van der Waals surface area contributed by atoms with E-state index in [0.717, 1.165) is 4.90 Å². The molecule has 0 aromatic heterocycles. The Morgan fingerprint density at radius 3 is 2.24 bits per heavy atom. The largest absolute Gasteiger partial charge is 0.366 e. The van der Waals surface area contributed by atoms with Crippen molar-refractivity contribution in [2.24, 2.45) is 17.6 Å². The molecule has 1 aromatic carbocycles. The molecular weight excluding hydrogens is 292 g/mol. The SMILES string of the molecule is NC(=O)c1ccc(Cl)c(N2C(=O)[C@H]3CC=CC[C@@H]3C2=O)c1. The highest BCUT2D eigenvalue weighted by Crippen LogP contribution is 2.40. The van der Waals surface area contributed by atoms with Crippen molar-refractivity contribution < 1.29 is 14.4 Å². The Bertz CT molecular complexity index is 657. The Kier molecular flexibility index (Phi) is 3.29. The van der Waals surface area contributed by atoms with E-state index in [1.165, 1.54) is 18.2 Å². The fourth-order valence-electron chi connectivity index (χ4n) is 2.88. The second-order valence-electron chi connectivity index (χ2n) is 5.20. The van der Waals surface area contributed by atoms with Crippen molar-refractivity contribution in [3.05, 3.63) is 40.9 Å². The molecule has 2 N–H and O–H groups in total. The maximum atomic E-state index is 12.5. The number of anilines is 1. The molecule has 0 unspecified atom stereocenters. The Morgan fingerprint density at radius 2 is 1.71 bits per heavy atom. The number of rotatable bonds is 2. The monoisotopic (exact) mass is 304 g/mol. The Morgan fingerprint density at radius 1 is 1.14 bits per heavy atom. The third kappa shape index (κ3) is 2.14. The van der Waals surface area contributed by atoms with E-state index >= 15 is 0 Å². The maximum absolute atomic E-state index is 12.5. The van der Waals surface area contributed by atoms with Crippen molar-refractivity contribution in [3.63, 3.8) is 0 Å². The molecule has 1 aliphatic heterocycles. The van der Waals surface area contributed by atoms with Gasteiger partial charge in [-0.25, -0.2) is 4.90 Å². The Balaban J connectivity index is 2.05. The molecule has 1 saturated heterocycles. The van der Waals surface area contributed by atoms with Crippen LogP contribution < -0.4 is 10.6 Å². The van der Waals surface area contributed by atoms with Gasteiger partial charge in [0.25, 0.3) is 0 Å². The van der Waals surface area contributed by atoms with Crippen LogP contribution in [0, 0.1) is 11.8 Å². The second kappa shape index (κ2) is 5.00. The van der Waals surface area contributed by atoms with Gasteiger partial charge in [0.2, 0.25) is 17.7 Å². The van der Waals surface area contributed by atoms with Crippen molar-refractivity contribution in [2.75, 3.05) is 4.90 Å². The predicted molar refractivity (Wildman–Crippen MR) is 77.8 cm³/mol. The first kappa shape index (κ1) is 13.8. The van der Waals surface area contributed by atoms with Crippen LogP contribution in [0.15, 0.2) is 30.4 Å². The van der Waals surface area contributed by atoms with Crippen LogP contribution in [-0.4, -0.2) is 17.7 Å². The molecule has 1 fully saturated rings. The highest BCUT2D eigenvalue weighted by molar-refractivity contribution is 6.36. The van der Waals surface area contributed by atoms with E-state index in [1.807, 2.05) is 12.2 Å². The van der Waals surface area contributed by atoms with Gasteiger partial charge in [0.1, 0.15) is 0 Å². The molecule has 5 nitrogen and oxygen atoms in total. The number of carbonyl (C=O) groups is 3. The standard InChI is InChI=1S/C15H13ClN2O3/c16-11-6-5-8(13(17)19)7-12(11)18-14(20)9-3-1-2-4-10(9)15(18)21/h1-2,5-7,9-10H,3-4H2,(H2,17,19)/t9-,10-/m0/s1. The van der Waals surface area contributed by atoms with Gasteiger partial charge in [-0.05, 0) is 31.0 Å². The highest BCUT2D eigenvalue weighted by Gasteiger charge is 2.48. The zero-order valence-corrected chi connectivity index (χ0v) is 11.8. The van der Waals surface area contributed by atoms with Gasteiger partial charge in [-0.2, -0.15) is 0 Å². The lowest BCUT2D eigenvalue weighted by molar-refractivity contribution is -0.122. The number of nitrogens with zero attached hydrogens (tertiary/aromatic N) is 1. The number of hydrogen-bond donors (Lipinski definition) is 1. The fraction of sp³-hybridized carbons (Fsp3) is 0.267. The van der Waals surface area contributed by atoms with Crippen LogP contribution >= 0.6 is 11.6 Å². The number of hydrogen-bond acceptors (Lipinski definition) is 3. The van der Waals surface area contributed by atoms with Gasteiger partial charge in [0.15, 0.2) is 0 Å². The average Bonchev–Trinajstić information content (AvgIpc) is 2.72. The molecule has 108 valence electrons. The molecule has 3 amide bonds. The third-order valence-corrected chi connectivity index (χ3v) is 4.30. The van der Waals surface area contributed by atoms with Gasteiger partial charge >= 0.3 is 0 Å². The van der Waals surface area contributed by atoms with E-state index in [9.17, 15) is 14.4 Å². The Labute approximate surface area is 126 Å². The number of amides is 3. The van der Waals surface area contributed by atoms with Crippen LogP contribution in [0.1, 0.15) is 23.2 Å². The molecular formula is C15H13ClN2O3. The number of nitrogens with two attached hydrogens (primary N) is 1. The lowest BCUT2D eigenvalue weighted by Crippen LogP contribution is -2.31. The summed E-state index contributed by atoms with van der Waals surface area (Å²) in [5.41, 5.74) is 5.68. The molecule has 21 heavy (non-hydrogen) atoms. The van der Waals surface area contributed by atoms with Crippen LogP contribution in [-0.2, 0) is 9.59 Å². The summed E-state index contributed by atoms with van der Waals surface area (Å²) in [6.07, 6.45) is 4.94. The lowest BCUT2D eigenvalue weighted by Gasteiger charge is -2.17. The quantitative estimate of drug-likeness (QED) is 0.669. The molecule has 6 heteroatoms. The van der Waals surface area contributed by atoms with E-state index in [-0.39, 0.29) is 39.9 Å². The molecule has 1 heterocycles. The summed E-state index contributed by atoms with van der Waals surface area (Å²) >= 11 is 6.10. The van der Waals surface area contributed by atoms with Gasteiger partial charge in [0.05, 0.1) is 22.5 Å². The smallest absolute Gasteiger partial charge is 0.248 e. The van der Waals surface area contributed by atoms with E-state index < -0.39 is 5.91 Å². The molecule has 1 aliphatic carbocycles. The minimum absolute atomic E-state index is 0.211. The van der Waals surface area contributed by atoms with Crippen molar-refractivity contribution in [1.29, 1.82) is 0 Å². The van der Waals surface area contributed by atoms with E-state index in [4.69, 9.17) is 17.3 Å². The van der Waals surface area contributed by atoms with Gasteiger partial charge in [-0.15, -0.1) is 0 Å². The molecule has 0 saturated carbocycles. The summed E-state index contributed by atoms with van der Waals surface area (Å²) in [4.78, 5) is 37.3. The molecule has 0 radical (unpaired) electrons. The van der Waals surface area contributed by atoms with Crippen molar-refractivity contribution in [3.8, 4) is 0 Å². The number of halogens is 1. The number of fused-ring (bicyclic) bond motifs is 1. The summed E-state index contributed by atoms with van der Waals surface area (Å²) in [7, 11) is 0. The summed E-state index contributed by atoms with van der Waals surface area (Å²) in [5.74, 6) is -1.84. The zero-order chi connectivity index (χ0) is 15.1. The highest BCUT2D eigenvalue weighted by atomic mass is 35.5. The lowest BCUT2D eigenvalue weighted by atomic mass is 9.85. The minimum Gasteiger partial charge on any atom is -0.366 e. The van der Waals surface area contributed by atoms with Gasteiger partial charge in [-0.1, -0.05) is 23.8 Å². The van der Waals surface area contributed by atoms with Crippen LogP contribution in [0.2, 0.25) is 5.02 Å². The van der Waals surface area contributed by atoms with Crippen molar-refractivity contribution >= 4 is 35.0 Å². The molecule has 0 bridgehead atoms. The Hall–Kier alpha value is -2.14. The van der Waals surface area contributed by atoms with Gasteiger partial charge in [-0.3, -0.25) is 14.4 Å². The zero-order valence-electron chi connectivity index (χ0n) is 11.1. The molecule has 2 atom stereocenters. The second-order valence-corrected chi connectivity index (χ2v) is 5.61. The number of carbonyl (C=O) groups excluding carboxylic acids is 3. The average molecular weight is 305 g/mol. The summed E-state index contributed by atoms with van der Waals surface area (Å²) in [6, 6.07) is 4.33. The minimum atomic E-state index is -0.633. The van der Waals surface area contributed by atoms with E-state index in [2.05, 4.69) is 0 Å². The summed E-state index contributed by atoms with van der Waals surface area (Å²) in [6.45, 7) is 0. The van der Waals surface area contributed by atoms with Crippen LogP contribution in [0.25, 0.3) is 0 Å².